The van der Waals surface area contributed by atoms with Gasteiger partial charge in [-0.15, -0.1) is 0 Å². The van der Waals surface area contributed by atoms with Gasteiger partial charge in [-0.1, -0.05) is 29.0 Å². The highest BCUT2D eigenvalue weighted by Gasteiger charge is 2.32. The second kappa shape index (κ2) is 11.5. The van der Waals surface area contributed by atoms with Crippen molar-refractivity contribution in [2.75, 3.05) is 45.4 Å². The van der Waals surface area contributed by atoms with E-state index >= 15 is 0 Å². The number of alkyl halides is 3. The zero-order chi connectivity index (χ0) is 26.6. The van der Waals surface area contributed by atoms with E-state index in [1.165, 1.54) is 11.3 Å². The van der Waals surface area contributed by atoms with Gasteiger partial charge in [0.1, 0.15) is 0 Å². The van der Waals surface area contributed by atoms with E-state index in [0.29, 0.717) is 52.5 Å². The van der Waals surface area contributed by atoms with Crippen LogP contribution in [0.1, 0.15) is 21.7 Å². The van der Waals surface area contributed by atoms with Crippen LogP contribution in [0, 0.1) is 0 Å². The van der Waals surface area contributed by atoms with Gasteiger partial charge in [-0.2, -0.15) is 28.4 Å². The Balaban J connectivity index is 1.81. The minimum Gasteiger partial charge on any atom is -0.492 e. The number of benzene rings is 1. The van der Waals surface area contributed by atoms with Gasteiger partial charge in [0.15, 0.2) is 5.13 Å². The third kappa shape index (κ3) is 6.27. The molecule has 3 heterocycles. The Kier molecular flexibility index (Phi) is 8.42. The van der Waals surface area contributed by atoms with Gasteiger partial charge in [-0.25, -0.2) is 0 Å². The molecule has 0 radical (unpaired) electrons. The first kappa shape index (κ1) is 27.0. The standard InChI is InChI=1S/C24H23ClF3N5O3S/c1-35-7-5-33(6-8-36-2)23-31-22(34)21(37-23)17(14-3-4-19-15(9-14)12-30-32-19)11-20-18(25)10-16(13-29-20)24(26,27)28/h3-4,9-10,12-13,34H,5-8,11H2,1-2H3. The van der Waals surface area contributed by atoms with Gasteiger partial charge in [0.2, 0.25) is 5.88 Å². The van der Waals surface area contributed by atoms with E-state index in [4.69, 9.17) is 21.1 Å². The van der Waals surface area contributed by atoms with Crippen LogP contribution in [0.3, 0.4) is 0 Å². The third-order valence-corrected chi connectivity index (χ3v) is 7.09. The van der Waals surface area contributed by atoms with E-state index in [0.717, 1.165) is 17.8 Å². The van der Waals surface area contributed by atoms with Crippen LogP contribution in [0.25, 0.3) is 5.57 Å². The molecule has 1 aromatic carbocycles. The molecule has 0 bridgehead atoms. The molecule has 0 saturated heterocycles. The summed E-state index contributed by atoms with van der Waals surface area (Å²) in [6.45, 7) is 1.92. The molecule has 196 valence electrons. The Morgan fingerprint density at radius 2 is 1.86 bits per heavy atom. The Morgan fingerprint density at radius 3 is 2.51 bits per heavy atom. The van der Waals surface area contributed by atoms with Crippen molar-refractivity contribution in [2.45, 2.75) is 12.6 Å². The number of nitrogens with zero attached hydrogens (tertiary/aromatic N) is 5. The van der Waals surface area contributed by atoms with Gasteiger partial charge < -0.3 is 19.5 Å². The average Bonchev–Trinajstić information content (AvgIpc) is 3.49. The highest BCUT2D eigenvalue weighted by Crippen LogP contribution is 2.37. The molecule has 1 aliphatic heterocycles. The fraction of sp³-hybridized carbons (Fsp3) is 0.333. The molecule has 0 aliphatic carbocycles. The lowest BCUT2D eigenvalue weighted by Gasteiger charge is -2.20. The normalized spacial score (nSPS) is 13.5. The van der Waals surface area contributed by atoms with Crippen molar-refractivity contribution in [2.24, 2.45) is 10.2 Å². The number of thiazole rings is 1. The SMILES string of the molecule is COCCN(CCOC)c1nc(O)c(C(Cc2ncc(C(F)(F)F)cc2Cl)=c2ccc3c(c2)C=NN=3)s1. The van der Waals surface area contributed by atoms with E-state index in [1.54, 1.807) is 32.6 Å². The number of pyridine rings is 1. The molecule has 1 aliphatic rings. The maximum atomic E-state index is 13.1. The van der Waals surface area contributed by atoms with Gasteiger partial charge in [-0.05, 0) is 29.0 Å². The third-order valence-electron chi connectivity index (χ3n) is 5.60. The number of aromatic hydroxyl groups is 1. The van der Waals surface area contributed by atoms with Crippen LogP contribution in [-0.4, -0.2) is 61.8 Å². The molecule has 0 spiro atoms. The second-order valence-electron chi connectivity index (χ2n) is 8.05. The number of aromatic nitrogens is 2. The maximum absolute atomic E-state index is 13.1. The molecule has 0 unspecified atom stereocenters. The highest BCUT2D eigenvalue weighted by atomic mass is 35.5. The van der Waals surface area contributed by atoms with E-state index < -0.39 is 11.7 Å². The van der Waals surface area contributed by atoms with Crippen molar-refractivity contribution in [3.8, 4) is 5.88 Å². The lowest BCUT2D eigenvalue weighted by atomic mass is 10.0. The Hall–Kier alpha value is -3.06. The Bertz CT molecular complexity index is 1420. The van der Waals surface area contributed by atoms with Crippen LogP contribution in [0.15, 0.2) is 40.7 Å². The number of ether oxygens (including phenoxy) is 2. The van der Waals surface area contributed by atoms with Crippen molar-refractivity contribution in [3.05, 3.63) is 67.8 Å². The molecular formula is C24H23ClF3N5O3S. The Labute approximate surface area is 219 Å². The predicted octanol–water partition coefficient (Wildman–Crippen LogP) is 3.42. The number of fused-ring (bicyclic) bond motifs is 1. The summed E-state index contributed by atoms with van der Waals surface area (Å²) in [7, 11) is 3.19. The van der Waals surface area contributed by atoms with Crippen LogP contribution < -0.4 is 15.5 Å². The van der Waals surface area contributed by atoms with Crippen LogP contribution in [-0.2, 0) is 22.1 Å². The zero-order valence-corrected chi connectivity index (χ0v) is 21.5. The molecule has 3 aromatic rings. The Morgan fingerprint density at radius 1 is 1.14 bits per heavy atom. The molecule has 13 heteroatoms. The summed E-state index contributed by atoms with van der Waals surface area (Å²) < 4.78 is 49.8. The van der Waals surface area contributed by atoms with E-state index in [-0.39, 0.29) is 23.0 Å². The fourth-order valence-corrected chi connectivity index (χ4v) is 4.97. The van der Waals surface area contributed by atoms with Crippen molar-refractivity contribution in [3.63, 3.8) is 0 Å². The van der Waals surface area contributed by atoms with Crippen LogP contribution in [0.4, 0.5) is 18.3 Å². The number of anilines is 1. The molecule has 0 saturated carbocycles. The first-order chi connectivity index (χ1) is 17.7. The summed E-state index contributed by atoms with van der Waals surface area (Å²) in [5, 5.41) is 20.7. The molecule has 1 N–H and O–H groups in total. The minimum atomic E-state index is -4.57. The number of hydrogen-bond donors (Lipinski definition) is 1. The van der Waals surface area contributed by atoms with Gasteiger partial charge in [0.05, 0.1) is 45.9 Å². The molecule has 37 heavy (non-hydrogen) atoms. The maximum Gasteiger partial charge on any atom is 0.417 e. The smallest absolute Gasteiger partial charge is 0.417 e. The summed E-state index contributed by atoms with van der Waals surface area (Å²) in [5.74, 6) is -0.211. The van der Waals surface area contributed by atoms with E-state index in [1.807, 2.05) is 11.0 Å². The van der Waals surface area contributed by atoms with Gasteiger partial charge in [0, 0.05) is 45.5 Å². The summed E-state index contributed by atoms with van der Waals surface area (Å²) in [6.07, 6.45) is -2.16. The number of halogens is 4. The lowest BCUT2D eigenvalue weighted by molar-refractivity contribution is -0.137. The molecule has 4 rings (SSSR count). The molecule has 0 fully saturated rings. The van der Waals surface area contributed by atoms with Crippen molar-refractivity contribution in [1.82, 2.24) is 9.97 Å². The summed E-state index contributed by atoms with van der Waals surface area (Å²) in [5.41, 5.74) is 0.658. The zero-order valence-electron chi connectivity index (χ0n) is 19.9. The van der Waals surface area contributed by atoms with Crippen LogP contribution in [0.5, 0.6) is 5.88 Å². The van der Waals surface area contributed by atoms with Crippen LogP contribution >= 0.6 is 22.9 Å². The molecule has 2 aromatic heterocycles. The summed E-state index contributed by atoms with van der Waals surface area (Å²) in [4.78, 5) is 10.7. The van der Waals surface area contributed by atoms with Gasteiger partial charge >= 0.3 is 6.18 Å². The van der Waals surface area contributed by atoms with Gasteiger partial charge in [0.25, 0.3) is 0 Å². The number of rotatable bonds is 10. The number of hydrogen-bond acceptors (Lipinski definition) is 9. The molecule has 0 atom stereocenters. The van der Waals surface area contributed by atoms with E-state index in [9.17, 15) is 18.3 Å². The quantitative estimate of drug-likeness (QED) is 0.414. The van der Waals surface area contributed by atoms with Crippen molar-refractivity contribution < 1.29 is 27.8 Å². The predicted molar refractivity (Wildman–Crippen MR) is 135 cm³/mol. The van der Waals surface area contributed by atoms with Gasteiger partial charge in [-0.3, -0.25) is 4.98 Å². The van der Waals surface area contributed by atoms with Crippen molar-refractivity contribution >= 4 is 39.9 Å². The molecule has 8 nitrogen and oxygen atoms in total. The topological polar surface area (TPSA) is 92.4 Å². The molecule has 0 amide bonds. The first-order valence-corrected chi connectivity index (χ1v) is 12.3. The summed E-state index contributed by atoms with van der Waals surface area (Å²) >= 11 is 7.48. The summed E-state index contributed by atoms with van der Waals surface area (Å²) in [6, 6.07) is 6.28. The minimum absolute atomic E-state index is 0.0510. The fourth-order valence-electron chi connectivity index (χ4n) is 3.66. The first-order valence-electron chi connectivity index (χ1n) is 11.1. The lowest BCUT2D eigenvalue weighted by Crippen LogP contribution is -2.30. The highest BCUT2D eigenvalue weighted by molar-refractivity contribution is 7.17. The average molecular weight is 554 g/mol. The second-order valence-corrected chi connectivity index (χ2v) is 9.43. The number of methoxy groups -OCH3 is 2. The van der Waals surface area contributed by atoms with E-state index in [2.05, 4.69) is 20.2 Å². The largest absolute Gasteiger partial charge is 0.492 e. The molecular weight excluding hydrogens is 531 g/mol. The van der Waals surface area contributed by atoms with Crippen LogP contribution in [0.2, 0.25) is 5.02 Å². The van der Waals surface area contributed by atoms with Crippen molar-refractivity contribution in [1.29, 1.82) is 0 Å². The monoisotopic (exact) mass is 553 g/mol.